The highest BCUT2D eigenvalue weighted by molar-refractivity contribution is 5.85. The van der Waals surface area contributed by atoms with E-state index >= 15 is 0 Å². The van der Waals surface area contributed by atoms with Gasteiger partial charge in [-0.05, 0) is 25.7 Å². The Hall–Kier alpha value is -1.46. The number of nitrogens with one attached hydrogen (secondary N) is 1. The number of hydrogen-bond acceptors (Lipinski definition) is 4. The third kappa shape index (κ3) is 7.97. The van der Waals surface area contributed by atoms with Crippen molar-refractivity contribution in [1.29, 1.82) is 0 Å². The molecule has 0 heterocycles. The van der Waals surface area contributed by atoms with E-state index in [2.05, 4.69) is 42.5 Å². The molecule has 6 heteroatoms. The molecule has 0 radical (unpaired) electrons. The van der Waals surface area contributed by atoms with Crippen LogP contribution in [-0.2, 0) is 13.2 Å². The second-order valence-corrected chi connectivity index (χ2v) is 5.70. The summed E-state index contributed by atoms with van der Waals surface area (Å²) in [6, 6.07) is 16.2. The molecule has 2 aromatic carbocycles. The van der Waals surface area contributed by atoms with Gasteiger partial charge in [-0.3, -0.25) is 0 Å². The van der Waals surface area contributed by atoms with E-state index in [9.17, 15) is 0 Å². The quantitative estimate of drug-likeness (QED) is 0.665. The van der Waals surface area contributed by atoms with E-state index in [0.29, 0.717) is 6.61 Å². The first kappa shape index (κ1) is 23.5. The fourth-order valence-electron chi connectivity index (χ4n) is 2.28. The molecule has 140 valence electrons. The van der Waals surface area contributed by atoms with Crippen molar-refractivity contribution in [1.82, 2.24) is 10.2 Å². The Bertz CT molecular complexity index is 595. The molecule has 0 fully saturated rings. The van der Waals surface area contributed by atoms with Gasteiger partial charge < -0.3 is 19.7 Å². The Morgan fingerprint density at radius 2 is 1.68 bits per heavy atom. The average Bonchev–Trinajstić information content (AvgIpc) is 2.57. The Morgan fingerprint density at radius 3 is 2.32 bits per heavy atom. The number of nitrogens with zero attached hydrogens (tertiary/aromatic N) is 1. The minimum atomic E-state index is 0. The van der Waals surface area contributed by atoms with Gasteiger partial charge in [0.25, 0.3) is 0 Å². The molecule has 0 amide bonds. The fraction of sp³-hybridized carbons (Fsp3) is 0.368. The Morgan fingerprint density at radius 1 is 0.960 bits per heavy atom. The molecular weight excluding hydrogens is 359 g/mol. The van der Waals surface area contributed by atoms with Crippen LogP contribution in [0.5, 0.6) is 11.5 Å². The molecule has 25 heavy (non-hydrogen) atoms. The van der Waals surface area contributed by atoms with Crippen LogP contribution in [0.15, 0.2) is 48.5 Å². The Kier molecular flexibility index (Phi) is 12.1. The summed E-state index contributed by atoms with van der Waals surface area (Å²) >= 11 is 0. The third-order valence-corrected chi connectivity index (χ3v) is 3.56. The highest BCUT2D eigenvalue weighted by atomic mass is 35.5. The molecule has 0 aromatic heterocycles. The summed E-state index contributed by atoms with van der Waals surface area (Å²) in [5.74, 6) is 1.59. The Labute approximate surface area is 163 Å². The standard InChI is InChI=1S/C19H26N2O2.2ClH/c1-21(2)13-12-20-14-17-10-7-11-18(22-3)19(17)23-15-16-8-5-4-6-9-16;;/h4-11,20H,12-15H2,1-3H3;2*1H. The molecule has 2 rings (SSSR count). The fourth-order valence-corrected chi connectivity index (χ4v) is 2.28. The molecule has 0 aliphatic heterocycles. The van der Waals surface area contributed by atoms with Gasteiger partial charge in [-0.1, -0.05) is 42.5 Å². The number of likely N-dealkylation sites (N-methyl/N-ethyl adjacent to an activating group) is 1. The first-order valence-corrected chi connectivity index (χ1v) is 7.88. The lowest BCUT2D eigenvalue weighted by molar-refractivity contribution is 0.280. The first-order chi connectivity index (χ1) is 11.2. The van der Waals surface area contributed by atoms with Gasteiger partial charge in [-0.25, -0.2) is 0 Å². The van der Waals surface area contributed by atoms with Crippen LogP contribution in [0.1, 0.15) is 11.1 Å². The molecule has 0 saturated heterocycles. The van der Waals surface area contributed by atoms with E-state index in [0.717, 1.165) is 42.3 Å². The van der Waals surface area contributed by atoms with Crippen LogP contribution in [0, 0.1) is 0 Å². The lowest BCUT2D eigenvalue weighted by Crippen LogP contribution is -2.26. The SMILES string of the molecule is COc1cccc(CNCCN(C)C)c1OCc1ccccc1.Cl.Cl. The van der Waals surface area contributed by atoms with Crippen LogP contribution < -0.4 is 14.8 Å². The van der Waals surface area contributed by atoms with Gasteiger partial charge in [0.15, 0.2) is 11.5 Å². The lowest BCUT2D eigenvalue weighted by Gasteiger charge is -2.16. The van der Waals surface area contributed by atoms with Crippen molar-refractivity contribution < 1.29 is 9.47 Å². The van der Waals surface area contributed by atoms with Gasteiger partial charge >= 0.3 is 0 Å². The minimum Gasteiger partial charge on any atom is -0.493 e. The van der Waals surface area contributed by atoms with Crippen LogP contribution >= 0.6 is 24.8 Å². The topological polar surface area (TPSA) is 33.7 Å². The van der Waals surface area contributed by atoms with Gasteiger partial charge in [-0.15, -0.1) is 24.8 Å². The van der Waals surface area contributed by atoms with Crippen LogP contribution in [0.4, 0.5) is 0 Å². The average molecular weight is 387 g/mol. The van der Waals surface area contributed by atoms with Crippen molar-refractivity contribution in [3.63, 3.8) is 0 Å². The molecule has 0 spiro atoms. The van der Waals surface area contributed by atoms with Gasteiger partial charge in [-0.2, -0.15) is 0 Å². The molecular formula is C19H28Cl2N2O2. The predicted molar refractivity (Wildman–Crippen MR) is 109 cm³/mol. The summed E-state index contributed by atoms with van der Waals surface area (Å²) in [5, 5.41) is 3.45. The summed E-state index contributed by atoms with van der Waals surface area (Å²) in [7, 11) is 5.82. The van der Waals surface area contributed by atoms with E-state index in [-0.39, 0.29) is 24.8 Å². The van der Waals surface area contributed by atoms with Crippen LogP contribution in [0.2, 0.25) is 0 Å². The largest absolute Gasteiger partial charge is 0.493 e. The van der Waals surface area contributed by atoms with E-state index in [4.69, 9.17) is 9.47 Å². The third-order valence-electron chi connectivity index (χ3n) is 3.56. The maximum Gasteiger partial charge on any atom is 0.166 e. The molecule has 4 nitrogen and oxygen atoms in total. The van der Waals surface area contributed by atoms with Crippen molar-refractivity contribution in [2.24, 2.45) is 0 Å². The number of benzene rings is 2. The zero-order chi connectivity index (χ0) is 16.5. The van der Waals surface area contributed by atoms with E-state index in [1.807, 2.05) is 30.3 Å². The second-order valence-electron chi connectivity index (χ2n) is 5.70. The second kappa shape index (κ2) is 12.8. The van der Waals surface area contributed by atoms with E-state index < -0.39 is 0 Å². The van der Waals surface area contributed by atoms with Crippen LogP contribution in [0.25, 0.3) is 0 Å². The van der Waals surface area contributed by atoms with E-state index in [1.54, 1.807) is 7.11 Å². The normalized spacial score (nSPS) is 9.92. The maximum atomic E-state index is 6.05. The first-order valence-electron chi connectivity index (χ1n) is 7.88. The number of hydrogen-bond donors (Lipinski definition) is 1. The molecule has 0 aliphatic carbocycles. The van der Waals surface area contributed by atoms with Crippen LogP contribution in [0.3, 0.4) is 0 Å². The van der Waals surface area contributed by atoms with Gasteiger partial charge in [0.05, 0.1) is 7.11 Å². The van der Waals surface area contributed by atoms with Crippen molar-refractivity contribution in [3.8, 4) is 11.5 Å². The molecule has 0 aliphatic rings. The van der Waals surface area contributed by atoms with E-state index in [1.165, 1.54) is 0 Å². The molecule has 1 N–H and O–H groups in total. The predicted octanol–water partition coefficient (Wildman–Crippen LogP) is 3.77. The minimum absolute atomic E-state index is 0. The van der Waals surface area contributed by atoms with Gasteiger partial charge in [0.2, 0.25) is 0 Å². The Balaban J connectivity index is 0.00000288. The highest BCUT2D eigenvalue weighted by Crippen LogP contribution is 2.31. The number of ether oxygens (including phenoxy) is 2. The van der Waals surface area contributed by atoms with Crippen molar-refractivity contribution >= 4 is 24.8 Å². The summed E-state index contributed by atoms with van der Waals surface area (Å²) in [6.07, 6.45) is 0. The van der Waals surface area contributed by atoms with Crippen molar-refractivity contribution in [2.45, 2.75) is 13.2 Å². The smallest absolute Gasteiger partial charge is 0.166 e. The van der Waals surface area contributed by atoms with Gasteiger partial charge in [0, 0.05) is 25.2 Å². The summed E-state index contributed by atoms with van der Waals surface area (Å²) in [4.78, 5) is 2.16. The number of halogens is 2. The van der Waals surface area contributed by atoms with Gasteiger partial charge in [0.1, 0.15) is 6.61 Å². The van der Waals surface area contributed by atoms with Crippen molar-refractivity contribution in [3.05, 3.63) is 59.7 Å². The number of rotatable bonds is 9. The lowest BCUT2D eigenvalue weighted by atomic mass is 10.1. The highest BCUT2D eigenvalue weighted by Gasteiger charge is 2.10. The monoisotopic (exact) mass is 386 g/mol. The van der Waals surface area contributed by atoms with Crippen molar-refractivity contribution in [2.75, 3.05) is 34.3 Å². The molecule has 0 unspecified atom stereocenters. The maximum absolute atomic E-state index is 6.05. The number of methoxy groups -OCH3 is 1. The summed E-state index contributed by atoms with van der Waals surface area (Å²) in [5.41, 5.74) is 2.25. The zero-order valence-corrected chi connectivity index (χ0v) is 16.7. The molecule has 0 saturated carbocycles. The molecule has 2 aromatic rings. The molecule has 0 bridgehead atoms. The summed E-state index contributed by atoms with van der Waals surface area (Å²) in [6.45, 7) is 3.23. The van der Waals surface area contributed by atoms with Crippen LogP contribution in [-0.4, -0.2) is 39.2 Å². The molecule has 0 atom stereocenters. The number of para-hydroxylation sites is 1. The summed E-state index contributed by atoms with van der Waals surface area (Å²) < 4.78 is 11.5. The zero-order valence-electron chi connectivity index (χ0n) is 15.0.